The molecular formula is C7HBrClF3N2O. The van der Waals surface area contributed by atoms with Crippen molar-refractivity contribution < 1.29 is 17.9 Å². The first-order valence-corrected chi connectivity index (χ1v) is 4.52. The van der Waals surface area contributed by atoms with Crippen molar-refractivity contribution in [3.8, 4) is 11.9 Å². The van der Waals surface area contributed by atoms with Crippen molar-refractivity contribution in [3.63, 3.8) is 0 Å². The lowest BCUT2D eigenvalue weighted by Gasteiger charge is -2.09. The van der Waals surface area contributed by atoms with Crippen LogP contribution in [0.25, 0.3) is 0 Å². The van der Waals surface area contributed by atoms with E-state index in [-0.39, 0.29) is 15.2 Å². The lowest BCUT2D eigenvalue weighted by Crippen LogP contribution is -2.18. The van der Waals surface area contributed by atoms with Crippen LogP contribution in [0, 0.1) is 11.3 Å². The zero-order chi connectivity index (χ0) is 11.6. The number of pyridine rings is 1. The lowest BCUT2D eigenvalue weighted by molar-refractivity contribution is -0.276. The maximum absolute atomic E-state index is 11.9. The summed E-state index contributed by atoms with van der Waals surface area (Å²) in [5.41, 5.74) is -0.231. The molecule has 0 saturated heterocycles. The molecule has 0 atom stereocenters. The van der Waals surface area contributed by atoms with Crippen LogP contribution in [0.2, 0.25) is 5.02 Å². The number of hydrogen-bond acceptors (Lipinski definition) is 3. The van der Waals surface area contributed by atoms with Crippen molar-refractivity contribution in [2.75, 3.05) is 0 Å². The van der Waals surface area contributed by atoms with Gasteiger partial charge in [-0.05, 0) is 22.0 Å². The van der Waals surface area contributed by atoms with E-state index < -0.39 is 12.2 Å². The first-order chi connectivity index (χ1) is 6.83. The highest BCUT2D eigenvalue weighted by Crippen LogP contribution is 2.34. The van der Waals surface area contributed by atoms with Crippen molar-refractivity contribution >= 4 is 27.5 Å². The molecule has 0 radical (unpaired) electrons. The molecule has 80 valence electrons. The van der Waals surface area contributed by atoms with Crippen LogP contribution in [-0.4, -0.2) is 11.3 Å². The molecule has 1 aromatic rings. The Kier molecular flexibility index (Phi) is 3.42. The van der Waals surface area contributed by atoms with E-state index in [9.17, 15) is 13.2 Å². The molecule has 0 fully saturated rings. The molecule has 0 saturated carbocycles. The summed E-state index contributed by atoms with van der Waals surface area (Å²) in [5, 5.41) is 8.12. The molecule has 0 N–H and O–H groups in total. The maximum atomic E-state index is 11.9. The predicted molar refractivity (Wildman–Crippen MR) is 48.3 cm³/mol. The summed E-state index contributed by atoms with van der Waals surface area (Å²) in [6.07, 6.45) is -4.90. The molecule has 0 aromatic carbocycles. The van der Waals surface area contributed by atoms with Gasteiger partial charge in [0.1, 0.15) is 16.8 Å². The van der Waals surface area contributed by atoms with E-state index >= 15 is 0 Å². The second-order valence-electron chi connectivity index (χ2n) is 2.27. The largest absolute Gasteiger partial charge is 0.574 e. The summed E-state index contributed by atoms with van der Waals surface area (Å²) in [7, 11) is 0. The van der Waals surface area contributed by atoms with Crippen LogP contribution in [0.1, 0.15) is 5.69 Å². The van der Waals surface area contributed by atoms with Crippen LogP contribution in [0.4, 0.5) is 13.2 Å². The summed E-state index contributed by atoms with van der Waals surface area (Å²) < 4.78 is 39.2. The van der Waals surface area contributed by atoms with Gasteiger partial charge < -0.3 is 4.74 Å². The van der Waals surface area contributed by atoms with E-state index in [1.165, 1.54) is 6.07 Å². The molecule has 8 heteroatoms. The summed E-state index contributed by atoms with van der Waals surface area (Å²) >= 11 is 8.36. The van der Waals surface area contributed by atoms with Gasteiger partial charge >= 0.3 is 6.36 Å². The summed E-state index contributed by atoms with van der Waals surface area (Å²) in [4.78, 5) is 3.27. The third kappa shape index (κ3) is 3.25. The molecule has 15 heavy (non-hydrogen) atoms. The number of nitriles is 1. The summed E-state index contributed by atoms with van der Waals surface area (Å²) in [5.74, 6) is -0.852. The van der Waals surface area contributed by atoms with Crippen LogP contribution in [0.15, 0.2) is 10.5 Å². The Morgan fingerprint density at radius 2 is 2.13 bits per heavy atom. The van der Waals surface area contributed by atoms with E-state index in [1.807, 2.05) is 0 Å². The van der Waals surface area contributed by atoms with Gasteiger partial charge in [0, 0.05) is 4.47 Å². The first kappa shape index (κ1) is 12.1. The molecule has 1 rings (SSSR count). The number of aromatic nitrogens is 1. The fraction of sp³-hybridized carbons (Fsp3) is 0.143. The molecule has 0 unspecified atom stereocenters. The number of rotatable bonds is 1. The molecular weight excluding hydrogens is 300 g/mol. The Morgan fingerprint density at radius 1 is 1.53 bits per heavy atom. The van der Waals surface area contributed by atoms with Gasteiger partial charge in [-0.25, -0.2) is 4.98 Å². The molecule has 0 aliphatic heterocycles. The number of nitrogens with zero attached hydrogens (tertiary/aromatic N) is 2. The van der Waals surface area contributed by atoms with Crippen LogP contribution < -0.4 is 4.74 Å². The minimum atomic E-state index is -4.90. The van der Waals surface area contributed by atoms with Gasteiger partial charge in [0.2, 0.25) is 5.88 Å². The zero-order valence-corrected chi connectivity index (χ0v) is 9.11. The standard InChI is InChI=1S/C7HBrClF3N2O/c8-4-1-3(2-13)14-6(5(4)9)15-7(10,11)12/h1H. The van der Waals surface area contributed by atoms with Gasteiger partial charge in [0.05, 0.1) is 0 Å². The average molecular weight is 301 g/mol. The van der Waals surface area contributed by atoms with Gasteiger partial charge in [-0.2, -0.15) is 5.26 Å². The molecule has 1 aromatic heterocycles. The van der Waals surface area contributed by atoms with Gasteiger partial charge in [-0.1, -0.05) is 11.6 Å². The monoisotopic (exact) mass is 300 g/mol. The third-order valence-corrected chi connectivity index (χ3v) is 2.43. The highest BCUT2D eigenvalue weighted by atomic mass is 79.9. The smallest absolute Gasteiger partial charge is 0.386 e. The lowest BCUT2D eigenvalue weighted by atomic mass is 10.4. The van der Waals surface area contributed by atoms with Crippen LogP contribution in [0.3, 0.4) is 0 Å². The minimum Gasteiger partial charge on any atom is -0.386 e. The van der Waals surface area contributed by atoms with E-state index in [2.05, 4.69) is 25.7 Å². The Hall–Kier alpha value is -1.00. The molecule has 0 aliphatic rings. The maximum Gasteiger partial charge on any atom is 0.574 e. The van der Waals surface area contributed by atoms with Gasteiger partial charge in [0.25, 0.3) is 0 Å². The van der Waals surface area contributed by atoms with Crippen molar-refractivity contribution in [1.82, 2.24) is 4.98 Å². The van der Waals surface area contributed by atoms with Gasteiger partial charge in [-0.3, -0.25) is 0 Å². The molecule has 3 nitrogen and oxygen atoms in total. The summed E-state index contributed by atoms with van der Waals surface area (Å²) in [6.45, 7) is 0. The fourth-order valence-electron chi connectivity index (χ4n) is 0.711. The molecule has 0 aliphatic carbocycles. The average Bonchev–Trinajstić information content (AvgIpc) is 2.10. The van der Waals surface area contributed by atoms with Crippen molar-refractivity contribution in [2.45, 2.75) is 6.36 Å². The quantitative estimate of drug-likeness (QED) is 0.800. The third-order valence-electron chi connectivity index (χ3n) is 1.21. The van der Waals surface area contributed by atoms with Crippen LogP contribution >= 0.6 is 27.5 Å². The second-order valence-corrected chi connectivity index (χ2v) is 3.50. The molecule has 0 spiro atoms. The zero-order valence-electron chi connectivity index (χ0n) is 6.77. The van der Waals surface area contributed by atoms with Gasteiger partial charge in [0.15, 0.2) is 0 Å². The van der Waals surface area contributed by atoms with E-state index in [0.29, 0.717) is 0 Å². The van der Waals surface area contributed by atoms with Crippen molar-refractivity contribution in [1.29, 1.82) is 5.26 Å². The Bertz CT molecular complexity index is 429. The van der Waals surface area contributed by atoms with Crippen LogP contribution in [0.5, 0.6) is 5.88 Å². The van der Waals surface area contributed by atoms with E-state index in [4.69, 9.17) is 16.9 Å². The predicted octanol–water partition coefficient (Wildman–Crippen LogP) is 3.27. The highest BCUT2D eigenvalue weighted by Gasteiger charge is 2.33. The fourth-order valence-corrected chi connectivity index (χ4v) is 1.23. The first-order valence-electron chi connectivity index (χ1n) is 3.35. The van der Waals surface area contributed by atoms with Crippen molar-refractivity contribution in [3.05, 3.63) is 21.3 Å². The van der Waals surface area contributed by atoms with Crippen molar-refractivity contribution in [2.24, 2.45) is 0 Å². The molecule has 0 bridgehead atoms. The van der Waals surface area contributed by atoms with E-state index in [1.54, 1.807) is 6.07 Å². The number of ether oxygens (including phenoxy) is 1. The SMILES string of the molecule is N#Cc1cc(Br)c(Cl)c(OC(F)(F)F)n1. The molecule has 1 heterocycles. The van der Waals surface area contributed by atoms with Crippen LogP contribution in [-0.2, 0) is 0 Å². The summed E-state index contributed by atoms with van der Waals surface area (Å²) in [6, 6.07) is 2.76. The Labute approximate surface area is 95.6 Å². The second kappa shape index (κ2) is 4.24. The van der Waals surface area contributed by atoms with E-state index in [0.717, 1.165) is 0 Å². The number of halogens is 5. The normalized spacial score (nSPS) is 10.9. The van der Waals surface area contributed by atoms with Gasteiger partial charge in [-0.15, -0.1) is 13.2 Å². The highest BCUT2D eigenvalue weighted by molar-refractivity contribution is 9.10. The number of hydrogen-bond donors (Lipinski definition) is 0. The Balaban J connectivity index is 3.18. The number of alkyl halides is 3. The Morgan fingerprint density at radius 3 is 2.60 bits per heavy atom. The topological polar surface area (TPSA) is 45.9 Å². The molecule has 0 amide bonds. The minimum absolute atomic E-state index is 0.106.